The van der Waals surface area contributed by atoms with Crippen molar-refractivity contribution in [3.8, 4) is 6.07 Å². The highest BCUT2D eigenvalue weighted by atomic mass is 16.5. The molecule has 2 nitrogen and oxygen atoms in total. The summed E-state index contributed by atoms with van der Waals surface area (Å²) in [7, 11) is 1.57. The summed E-state index contributed by atoms with van der Waals surface area (Å²) in [5.74, 6) is 0. The van der Waals surface area contributed by atoms with Gasteiger partial charge in [-0.1, -0.05) is 30.3 Å². The molecule has 16 heavy (non-hydrogen) atoms. The van der Waals surface area contributed by atoms with Crippen LogP contribution in [0.3, 0.4) is 0 Å². The van der Waals surface area contributed by atoms with E-state index in [0.717, 1.165) is 31.3 Å². The van der Waals surface area contributed by atoms with E-state index in [2.05, 4.69) is 30.3 Å². The zero-order valence-electron chi connectivity index (χ0n) is 9.65. The van der Waals surface area contributed by atoms with E-state index in [1.165, 1.54) is 11.8 Å². The van der Waals surface area contributed by atoms with Gasteiger partial charge in [-0.05, 0) is 31.2 Å². The number of nitrogens with zero attached hydrogens (tertiary/aromatic N) is 1. The number of rotatable bonds is 6. The van der Waals surface area contributed by atoms with Crippen LogP contribution in [0.2, 0.25) is 0 Å². The molecule has 1 aromatic carbocycles. The van der Waals surface area contributed by atoms with Crippen LogP contribution in [-0.2, 0) is 11.2 Å². The summed E-state index contributed by atoms with van der Waals surface area (Å²) in [4.78, 5) is 0. The van der Waals surface area contributed by atoms with Gasteiger partial charge in [0.2, 0.25) is 0 Å². The Morgan fingerprint density at radius 1 is 1.31 bits per heavy atom. The van der Waals surface area contributed by atoms with Gasteiger partial charge in [-0.15, -0.1) is 0 Å². The third-order valence-electron chi connectivity index (χ3n) is 2.41. The lowest BCUT2D eigenvalue weighted by Gasteiger charge is -2.01. The Labute approximate surface area is 97.2 Å². The quantitative estimate of drug-likeness (QED) is 0.413. The minimum atomic E-state index is 0.718. The van der Waals surface area contributed by atoms with Gasteiger partial charge in [0.15, 0.2) is 0 Å². The standard InChI is InChI=1S/C14H17NO/c1-16-12-14(11-15)10-6-5-9-13-7-3-2-4-8-13/h2-4,7-8,12H,5-6,9-10H2,1H3. The molecule has 0 aliphatic carbocycles. The van der Waals surface area contributed by atoms with Crippen molar-refractivity contribution in [3.05, 3.63) is 47.7 Å². The first-order valence-electron chi connectivity index (χ1n) is 5.52. The third-order valence-corrected chi connectivity index (χ3v) is 2.41. The molecule has 0 bridgehead atoms. The van der Waals surface area contributed by atoms with Crippen LogP contribution < -0.4 is 0 Å². The molecule has 1 aromatic rings. The van der Waals surface area contributed by atoms with Crippen LogP contribution in [0.25, 0.3) is 0 Å². The number of nitriles is 1. The molecule has 0 radical (unpaired) electrons. The highest BCUT2D eigenvalue weighted by molar-refractivity contribution is 5.18. The minimum Gasteiger partial charge on any atom is -0.503 e. The smallest absolute Gasteiger partial charge is 0.0979 e. The normalized spacial score (nSPS) is 10.9. The molecular weight excluding hydrogens is 198 g/mol. The van der Waals surface area contributed by atoms with Gasteiger partial charge in [0.05, 0.1) is 25.0 Å². The van der Waals surface area contributed by atoms with E-state index in [0.29, 0.717) is 0 Å². The van der Waals surface area contributed by atoms with E-state index in [1.807, 2.05) is 6.07 Å². The molecule has 0 aromatic heterocycles. The maximum Gasteiger partial charge on any atom is 0.0979 e. The Bertz CT molecular complexity index is 362. The minimum absolute atomic E-state index is 0.718. The molecule has 0 aliphatic rings. The van der Waals surface area contributed by atoms with Gasteiger partial charge in [0.25, 0.3) is 0 Å². The number of aryl methyl sites for hydroxylation is 1. The van der Waals surface area contributed by atoms with Crippen molar-refractivity contribution in [2.45, 2.75) is 25.7 Å². The first-order valence-corrected chi connectivity index (χ1v) is 5.52. The molecule has 0 spiro atoms. The van der Waals surface area contributed by atoms with Crippen LogP contribution in [-0.4, -0.2) is 7.11 Å². The van der Waals surface area contributed by atoms with Crippen molar-refractivity contribution >= 4 is 0 Å². The molecule has 84 valence electrons. The monoisotopic (exact) mass is 215 g/mol. The Hall–Kier alpha value is -1.75. The largest absolute Gasteiger partial charge is 0.503 e. The fraction of sp³-hybridized carbons (Fsp3) is 0.357. The molecule has 2 heteroatoms. The molecule has 0 unspecified atom stereocenters. The summed E-state index contributed by atoms with van der Waals surface area (Å²) in [6.07, 6.45) is 5.54. The molecule has 1 rings (SSSR count). The van der Waals surface area contributed by atoms with E-state index in [1.54, 1.807) is 7.11 Å². The number of unbranched alkanes of at least 4 members (excludes halogenated alkanes) is 1. The number of ether oxygens (including phenoxy) is 1. The predicted octanol–water partition coefficient (Wildman–Crippen LogP) is 3.45. The highest BCUT2D eigenvalue weighted by Crippen LogP contribution is 2.10. The van der Waals surface area contributed by atoms with Crippen LogP contribution in [0.1, 0.15) is 24.8 Å². The molecule has 0 aliphatic heterocycles. The van der Waals surface area contributed by atoms with Gasteiger partial charge in [0.1, 0.15) is 0 Å². The average molecular weight is 215 g/mol. The van der Waals surface area contributed by atoms with Crippen molar-refractivity contribution in [1.82, 2.24) is 0 Å². The van der Waals surface area contributed by atoms with Gasteiger partial charge in [-0.2, -0.15) is 5.26 Å². The number of hydrogen-bond acceptors (Lipinski definition) is 2. The fourth-order valence-electron chi connectivity index (χ4n) is 1.57. The van der Waals surface area contributed by atoms with Crippen molar-refractivity contribution in [2.24, 2.45) is 0 Å². The third kappa shape index (κ3) is 4.65. The molecule has 0 saturated carbocycles. The van der Waals surface area contributed by atoms with E-state index in [4.69, 9.17) is 10.00 Å². The van der Waals surface area contributed by atoms with Crippen molar-refractivity contribution in [1.29, 1.82) is 5.26 Å². The Morgan fingerprint density at radius 3 is 2.69 bits per heavy atom. The number of hydrogen-bond donors (Lipinski definition) is 0. The maximum atomic E-state index is 8.78. The van der Waals surface area contributed by atoms with Crippen LogP contribution in [0, 0.1) is 11.3 Å². The maximum absolute atomic E-state index is 8.78. The summed E-state index contributed by atoms with van der Waals surface area (Å²) in [5.41, 5.74) is 2.08. The molecule has 0 heterocycles. The SMILES string of the molecule is COC=C(C#N)CCCCc1ccccc1. The molecule has 0 fully saturated rings. The van der Waals surface area contributed by atoms with E-state index >= 15 is 0 Å². The second kappa shape index (κ2) is 7.53. The molecule has 0 atom stereocenters. The van der Waals surface area contributed by atoms with Crippen LogP contribution in [0.4, 0.5) is 0 Å². The van der Waals surface area contributed by atoms with Gasteiger partial charge in [-0.25, -0.2) is 0 Å². The molecule has 0 amide bonds. The van der Waals surface area contributed by atoms with Crippen LogP contribution >= 0.6 is 0 Å². The predicted molar refractivity (Wildman–Crippen MR) is 64.7 cm³/mol. The first-order chi connectivity index (χ1) is 7.86. The first kappa shape index (κ1) is 12.3. The van der Waals surface area contributed by atoms with Gasteiger partial charge in [-0.3, -0.25) is 0 Å². The fourth-order valence-corrected chi connectivity index (χ4v) is 1.57. The van der Waals surface area contributed by atoms with Crippen molar-refractivity contribution in [2.75, 3.05) is 7.11 Å². The lowest BCUT2D eigenvalue weighted by atomic mass is 10.1. The zero-order valence-corrected chi connectivity index (χ0v) is 9.65. The second-order valence-corrected chi connectivity index (χ2v) is 3.68. The zero-order chi connectivity index (χ0) is 11.6. The van der Waals surface area contributed by atoms with Gasteiger partial charge >= 0.3 is 0 Å². The summed E-state index contributed by atoms with van der Waals surface area (Å²) in [6, 6.07) is 12.5. The Kier molecular flexibility index (Phi) is 5.80. The number of benzene rings is 1. The van der Waals surface area contributed by atoms with E-state index in [9.17, 15) is 0 Å². The second-order valence-electron chi connectivity index (χ2n) is 3.68. The highest BCUT2D eigenvalue weighted by Gasteiger charge is 1.97. The molecule has 0 saturated heterocycles. The van der Waals surface area contributed by atoms with E-state index < -0.39 is 0 Å². The number of allylic oxidation sites excluding steroid dienone is 1. The van der Waals surface area contributed by atoms with Gasteiger partial charge in [0, 0.05) is 0 Å². The Morgan fingerprint density at radius 2 is 2.06 bits per heavy atom. The lowest BCUT2D eigenvalue weighted by molar-refractivity contribution is 0.334. The molecule has 0 N–H and O–H groups in total. The number of methoxy groups -OCH3 is 1. The topological polar surface area (TPSA) is 33.0 Å². The molecular formula is C14H17NO. The lowest BCUT2D eigenvalue weighted by Crippen LogP contribution is -1.87. The van der Waals surface area contributed by atoms with Crippen LogP contribution in [0.5, 0.6) is 0 Å². The van der Waals surface area contributed by atoms with Crippen LogP contribution in [0.15, 0.2) is 42.2 Å². The summed E-state index contributed by atoms with van der Waals surface area (Å²) in [6.45, 7) is 0. The van der Waals surface area contributed by atoms with Crippen molar-refractivity contribution in [3.63, 3.8) is 0 Å². The summed E-state index contributed by atoms with van der Waals surface area (Å²) < 4.78 is 4.83. The van der Waals surface area contributed by atoms with Crippen molar-refractivity contribution < 1.29 is 4.74 Å². The van der Waals surface area contributed by atoms with E-state index in [-0.39, 0.29) is 0 Å². The summed E-state index contributed by atoms with van der Waals surface area (Å²) in [5, 5.41) is 8.78. The van der Waals surface area contributed by atoms with Gasteiger partial charge < -0.3 is 4.74 Å². The average Bonchev–Trinajstić information content (AvgIpc) is 2.34. The Balaban J connectivity index is 2.22. The summed E-state index contributed by atoms with van der Waals surface area (Å²) >= 11 is 0.